The van der Waals surface area contributed by atoms with Crippen LogP contribution in [0.1, 0.15) is 63.0 Å². The number of aryl methyl sites for hydroxylation is 1. The zero-order valence-corrected chi connectivity index (χ0v) is 21.4. The Hall–Kier alpha value is -3.13. The molecule has 1 aliphatic heterocycles. The van der Waals surface area contributed by atoms with Crippen molar-refractivity contribution in [2.75, 3.05) is 13.1 Å². The van der Waals surface area contributed by atoms with Crippen LogP contribution in [-0.4, -0.2) is 49.3 Å². The minimum Gasteiger partial charge on any atom is -0.444 e. The van der Waals surface area contributed by atoms with E-state index in [1.165, 1.54) is 20.7 Å². The molecule has 0 bridgehead atoms. The van der Waals surface area contributed by atoms with E-state index < -0.39 is 5.60 Å². The fraction of sp³-hybridized carbons (Fsp3) is 0.423. The molecule has 0 saturated carbocycles. The van der Waals surface area contributed by atoms with Crippen LogP contribution in [0.3, 0.4) is 0 Å². The highest BCUT2D eigenvalue weighted by molar-refractivity contribution is 7.20. The van der Waals surface area contributed by atoms with Crippen molar-refractivity contribution < 1.29 is 9.53 Å². The SMILES string of the molecule is Cc1cc(-c2[nH]c3cc(C4=CCN(C(=O)OC(C)(C)C)CC4)sc3c2C(C)C)cn2ncnc12. The molecule has 0 saturated heterocycles. The molecule has 8 heteroatoms. The van der Waals surface area contributed by atoms with Crippen molar-refractivity contribution in [2.45, 2.75) is 59.5 Å². The maximum Gasteiger partial charge on any atom is 0.410 e. The van der Waals surface area contributed by atoms with E-state index >= 15 is 0 Å². The number of H-pyrrole nitrogens is 1. The fourth-order valence-corrected chi connectivity index (χ4v) is 5.93. The summed E-state index contributed by atoms with van der Waals surface area (Å²) in [5, 5.41) is 4.34. The van der Waals surface area contributed by atoms with E-state index in [1.807, 2.05) is 42.8 Å². The van der Waals surface area contributed by atoms with Crippen molar-refractivity contribution in [3.63, 3.8) is 0 Å². The average molecular weight is 478 g/mol. The van der Waals surface area contributed by atoms with E-state index in [-0.39, 0.29) is 6.09 Å². The van der Waals surface area contributed by atoms with Gasteiger partial charge in [0.1, 0.15) is 11.9 Å². The van der Waals surface area contributed by atoms with Crippen LogP contribution in [0.25, 0.3) is 32.7 Å². The summed E-state index contributed by atoms with van der Waals surface area (Å²) in [6.07, 6.45) is 6.39. The summed E-state index contributed by atoms with van der Waals surface area (Å²) in [5.41, 5.74) is 7.56. The molecular formula is C26H31N5O2S. The first-order valence-electron chi connectivity index (χ1n) is 11.7. The minimum atomic E-state index is -0.477. The van der Waals surface area contributed by atoms with Gasteiger partial charge in [-0.15, -0.1) is 11.3 Å². The third kappa shape index (κ3) is 4.11. The van der Waals surface area contributed by atoms with E-state index in [1.54, 1.807) is 11.2 Å². The van der Waals surface area contributed by atoms with Gasteiger partial charge in [-0.3, -0.25) is 0 Å². The normalized spacial score (nSPS) is 14.9. The predicted octanol–water partition coefficient (Wildman–Crippen LogP) is 6.40. The summed E-state index contributed by atoms with van der Waals surface area (Å²) in [5.74, 6) is 0.366. The molecule has 178 valence electrons. The topological polar surface area (TPSA) is 75.5 Å². The molecule has 5 heterocycles. The van der Waals surface area contributed by atoms with E-state index in [4.69, 9.17) is 4.74 Å². The molecule has 4 aromatic rings. The number of hydrogen-bond acceptors (Lipinski definition) is 5. The number of rotatable bonds is 3. The third-order valence-electron chi connectivity index (χ3n) is 6.11. The maximum atomic E-state index is 12.4. The van der Waals surface area contributed by atoms with Gasteiger partial charge in [-0.2, -0.15) is 5.10 Å². The third-order valence-corrected chi connectivity index (χ3v) is 7.35. The number of thiophene rings is 1. The van der Waals surface area contributed by atoms with Gasteiger partial charge >= 0.3 is 6.09 Å². The second-order valence-electron chi connectivity index (χ2n) is 10.3. The number of aromatic amines is 1. The Labute approximate surface area is 203 Å². The highest BCUT2D eigenvalue weighted by Gasteiger charge is 2.25. The summed E-state index contributed by atoms with van der Waals surface area (Å²) in [6.45, 7) is 13.5. The number of ether oxygens (including phenoxy) is 1. The van der Waals surface area contributed by atoms with Crippen LogP contribution >= 0.6 is 11.3 Å². The Morgan fingerprint density at radius 2 is 2.06 bits per heavy atom. The molecule has 0 aromatic carbocycles. The van der Waals surface area contributed by atoms with Crippen molar-refractivity contribution in [3.8, 4) is 11.3 Å². The summed E-state index contributed by atoms with van der Waals surface area (Å²) in [6, 6.07) is 4.44. The number of nitrogens with zero attached hydrogens (tertiary/aromatic N) is 4. The smallest absolute Gasteiger partial charge is 0.410 e. The van der Waals surface area contributed by atoms with Gasteiger partial charge in [-0.1, -0.05) is 19.9 Å². The van der Waals surface area contributed by atoms with E-state index in [9.17, 15) is 4.79 Å². The van der Waals surface area contributed by atoms with Crippen molar-refractivity contribution in [1.82, 2.24) is 24.5 Å². The number of amides is 1. The molecule has 1 aliphatic rings. The Bertz CT molecular complexity index is 1420. The number of fused-ring (bicyclic) bond motifs is 2. The molecule has 1 N–H and O–H groups in total. The number of nitrogens with one attached hydrogen (secondary N) is 1. The van der Waals surface area contributed by atoms with E-state index in [0.29, 0.717) is 19.0 Å². The first-order chi connectivity index (χ1) is 16.1. The number of carbonyl (C=O) groups is 1. The van der Waals surface area contributed by atoms with Crippen LogP contribution in [0.4, 0.5) is 4.79 Å². The number of carbonyl (C=O) groups excluding carboxylic acids is 1. The van der Waals surface area contributed by atoms with Crippen LogP contribution in [0, 0.1) is 6.92 Å². The van der Waals surface area contributed by atoms with Crippen LogP contribution in [0.15, 0.2) is 30.7 Å². The molecule has 0 unspecified atom stereocenters. The number of aromatic nitrogens is 4. The lowest BCUT2D eigenvalue weighted by Crippen LogP contribution is -2.39. The van der Waals surface area contributed by atoms with Gasteiger partial charge in [0.15, 0.2) is 5.65 Å². The fourth-order valence-electron chi connectivity index (χ4n) is 4.55. The van der Waals surface area contributed by atoms with Gasteiger partial charge in [0.2, 0.25) is 0 Å². The molecule has 0 atom stereocenters. The Morgan fingerprint density at radius 1 is 1.26 bits per heavy atom. The molecule has 1 amide bonds. The molecule has 0 aliphatic carbocycles. The summed E-state index contributed by atoms with van der Waals surface area (Å²) >= 11 is 1.83. The quantitative estimate of drug-likeness (QED) is 0.371. The van der Waals surface area contributed by atoms with Crippen LogP contribution in [0.2, 0.25) is 0 Å². The zero-order valence-electron chi connectivity index (χ0n) is 20.6. The largest absolute Gasteiger partial charge is 0.444 e. The highest BCUT2D eigenvalue weighted by Crippen LogP contribution is 2.42. The molecule has 7 nitrogen and oxygen atoms in total. The lowest BCUT2D eigenvalue weighted by Gasteiger charge is -2.29. The molecule has 0 spiro atoms. The Morgan fingerprint density at radius 3 is 2.74 bits per heavy atom. The molecular weight excluding hydrogens is 446 g/mol. The number of pyridine rings is 1. The van der Waals surface area contributed by atoms with Crippen molar-refractivity contribution in [2.24, 2.45) is 0 Å². The summed E-state index contributed by atoms with van der Waals surface area (Å²) in [4.78, 5) is 23.5. The molecule has 4 aromatic heterocycles. The van der Waals surface area contributed by atoms with Gasteiger partial charge in [0.25, 0.3) is 0 Å². The average Bonchev–Trinajstić information content (AvgIpc) is 3.46. The predicted molar refractivity (Wildman–Crippen MR) is 137 cm³/mol. The van der Waals surface area contributed by atoms with Crippen molar-refractivity contribution in [3.05, 3.63) is 46.7 Å². The Balaban J connectivity index is 1.46. The monoisotopic (exact) mass is 477 g/mol. The lowest BCUT2D eigenvalue weighted by molar-refractivity contribution is 0.0270. The van der Waals surface area contributed by atoms with E-state index in [0.717, 1.165) is 34.4 Å². The van der Waals surface area contributed by atoms with Crippen molar-refractivity contribution in [1.29, 1.82) is 0 Å². The van der Waals surface area contributed by atoms with Crippen molar-refractivity contribution >= 4 is 38.9 Å². The first-order valence-corrected chi connectivity index (χ1v) is 12.6. The second kappa shape index (κ2) is 8.27. The van der Waals surface area contributed by atoms with Gasteiger partial charge in [-0.25, -0.2) is 14.3 Å². The first kappa shape index (κ1) is 22.7. The Kier molecular flexibility index (Phi) is 5.51. The molecule has 34 heavy (non-hydrogen) atoms. The summed E-state index contributed by atoms with van der Waals surface area (Å²) < 4.78 is 8.67. The number of hydrogen-bond donors (Lipinski definition) is 1. The van der Waals surface area contributed by atoms with Crippen LogP contribution in [-0.2, 0) is 4.74 Å². The standard InChI is InChI=1S/C26H31N5O2S/c1-15(2)21-22(18-11-16(3)24-27-14-28-31(24)13-18)29-19-12-20(34-23(19)21)17-7-9-30(10-8-17)25(32)33-26(4,5)6/h7,11-15,29H,8-10H2,1-6H3. The summed E-state index contributed by atoms with van der Waals surface area (Å²) in [7, 11) is 0. The minimum absolute atomic E-state index is 0.243. The maximum absolute atomic E-state index is 12.4. The molecule has 0 radical (unpaired) electrons. The second-order valence-corrected chi connectivity index (χ2v) is 11.3. The lowest BCUT2D eigenvalue weighted by atomic mass is 9.99. The van der Waals surface area contributed by atoms with Crippen LogP contribution in [0.5, 0.6) is 0 Å². The molecule has 0 fully saturated rings. The van der Waals surface area contributed by atoms with Crippen LogP contribution < -0.4 is 0 Å². The van der Waals surface area contributed by atoms with Gasteiger partial charge < -0.3 is 14.6 Å². The van der Waals surface area contributed by atoms with E-state index in [2.05, 4.69) is 54.0 Å². The molecule has 5 rings (SSSR count). The van der Waals surface area contributed by atoms with Gasteiger partial charge in [0.05, 0.1) is 15.9 Å². The zero-order chi connectivity index (χ0) is 24.2. The van der Waals surface area contributed by atoms with Gasteiger partial charge in [0, 0.05) is 29.7 Å². The highest BCUT2D eigenvalue weighted by atomic mass is 32.1. The van der Waals surface area contributed by atoms with Gasteiger partial charge in [-0.05, 0) is 68.9 Å².